The second kappa shape index (κ2) is 8.71. The fourth-order valence-electron chi connectivity index (χ4n) is 3.31. The molecule has 2 aromatic rings. The van der Waals surface area contributed by atoms with Gasteiger partial charge in [0.05, 0.1) is 13.0 Å². The predicted molar refractivity (Wildman–Crippen MR) is 105 cm³/mol. The van der Waals surface area contributed by atoms with Crippen molar-refractivity contribution >= 4 is 11.8 Å². The third-order valence-electron chi connectivity index (χ3n) is 4.86. The Morgan fingerprint density at radius 3 is 2.26 bits per heavy atom. The van der Waals surface area contributed by atoms with Crippen molar-refractivity contribution < 1.29 is 14.3 Å². The Labute approximate surface area is 160 Å². The van der Waals surface area contributed by atoms with Gasteiger partial charge in [0.15, 0.2) is 0 Å². The summed E-state index contributed by atoms with van der Waals surface area (Å²) in [5.74, 6) is 0.894. The summed E-state index contributed by atoms with van der Waals surface area (Å²) in [6.45, 7) is 6.63. The van der Waals surface area contributed by atoms with Crippen LogP contribution in [0.2, 0.25) is 0 Å². The third-order valence-corrected chi connectivity index (χ3v) is 4.86. The molecular formula is C22H26N2O3. The Balaban J connectivity index is 1.46. The van der Waals surface area contributed by atoms with Gasteiger partial charge in [-0.2, -0.15) is 0 Å². The molecule has 5 nitrogen and oxygen atoms in total. The summed E-state index contributed by atoms with van der Waals surface area (Å²) in [7, 11) is 0. The van der Waals surface area contributed by atoms with Gasteiger partial charge in [-0.3, -0.25) is 9.59 Å². The molecule has 1 aliphatic rings. The molecule has 1 aliphatic heterocycles. The van der Waals surface area contributed by atoms with Gasteiger partial charge in [0, 0.05) is 31.7 Å². The van der Waals surface area contributed by atoms with E-state index in [2.05, 4.69) is 0 Å². The highest BCUT2D eigenvalue weighted by atomic mass is 16.5. The lowest BCUT2D eigenvalue weighted by molar-refractivity contribution is -0.133. The van der Waals surface area contributed by atoms with Crippen LogP contribution in [0.25, 0.3) is 0 Å². The first kappa shape index (κ1) is 19.0. The Morgan fingerprint density at radius 1 is 0.926 bits per heavy atom. The number of aryl methyl sites for hydroxylation is 2. The molecule has 0 radical (unpaired) electrons. The molecule has 0 saturated carbocycles. The van der Waals surface area contributed by atoms with E-state index in [1.54, 1.807) is 0 Å². The molecule has 3 rings (SSSR count). The molecule has 0 aliphatic carbocycles. The molecule has 1 fully saturated rings. The van der Waals surface area contributed by atoms with Crippen molar-refractivity contribution in [3.8, 4) is 5.75 Å². The van der Waals surface area contributed by atoms with Crippen LogP contribution in [0.3, 0.4) is 0 Å². The van der Waals surface area contributed by atoms with Gasteiger partial charge in [0.25, 0.3) is 5.91 Å². The second-order valence-corrected chi connectivity index (χ2v) is 6.90. The highest BCUT2D eigenvalue weighted by molar-refractivity contribution is 5.95. The van der Waals surface area contributed by atoms with E-state index in [4.69, 9.17) is 4.74 Å². The standard InChI is InChI=1S/C22H26N2O3/c1-17-8-9-20(18(2)16-17)22(26)24-13-11-23(12-14-24)21(25)10-15-27-19-6-4-3-5-7-19/h3-9,16H,10-15H2,1-2H3. The fourth-order valence-corrected chi connectivity index (χ4v) is 3.31. The zero-order chi connectivity index (χ0) is 19.2. The van der Waals surface area contributed by atoms with E-state index in [0.29, 0.717) is 39.2 Å². The first-order valence-electron chi connectivity index (χ1n) is 9.37. The van der Waals surface area contributed by atoms with Gasteiger partial charge in [-0.15, -0.1) is 0 Å². The molecule has 0 aromatic heterocycles. The Hall–Kier alpha value is -2.82. The molecule has 1 heterocycles. The Kier molecular flexibility index (Phi) is 6.12. The zero-order valence-corrected chi connectivity index (χ0v) is 16.0. The lowest BCUT2D eigenvalue weighted by Gasteiger charge is -2.35. The fraction of sp³-hybridized carbons (Fsp3) is 0.364. The monoisotopic (exact) mass is 366 g/mol. The Bertz CT molecular complexity index is 796. The number of hydrogen-bond donors (Lipinski definition) is 0. The van der Waals surface area contributed by atoms with Crippen molar-refractivity contribution in [3.63, 3.8) is 0 Å². The van der Waals surface area contributed by atoms with Gasteiger partial charge in [0.1, 0.15) is 5.75 Å². The van der Waals surface area contributed by atoms with Crippen LogP contribution in [0.5, 0.6) is 5.75 Å². The Morgan fingerprint density at radius 2 is 1.59 bits per heavy atom. The molecule has 0 N–H and O–H groups in total. The molecule has 142 valence electrons. The van der Waals surface area contributed by atoms with Gasteiger partial charge in [-0.05, 0) is 37.6 Å². The first-order valence-corrected chi connectivity index (χ1v) is 9.37. The average molecular weight is 366 g/mol. The molecule has 27 heavy (non-hydrogen) atoms. The van der Waals surface area contributed by atoms with Crippen molar-refractivity contribution in [1.29, 1.82) is 0 Å². The summed E-state index contributed by atoms with van der Waals surface area (Å²) in [5, 5.41) is 0. The van der Waals surface area contributed by atoms with Crippen LogP contribution in [0.15, 0.2) is 48.5 Å². The van der Waals surface area contributed by atoms with E-state index >= 15 is 0 Å². The van der Waals surface area contributed by atoms with E-state index < -0.39 is 0 Å². The van der Waals surface area contributed by atoms with E-state index in [-0.39, 0.29) is 11.8 Å². The molecule has 0 spiro atoms. The molecule has 0 unspecified atom stereocenters. The second-order valence-electron chi connectivity index (χ2n) is 6.90. The maximum atomic E-state index is 12.7. The van der Waals surface area contributed by atoms with Crippen molar-refractivity contribution in [2.24, 2.45) is 0 Å². The molecule has 2 aromatic carbocycles. The number of ether oxygens (including phenoxy) is 1. The highest BCUT2D eigenvalue weighted by Gasteiger charge is 2.25. The van der Waals surface area contributed by atoms with Crippen LogP contribution in [-0.2, 0) is 4.79 Å². The van der Waals surface area contributed by atoms with Crippen LogP contribution in [0, 0.1) is 13.8 Å². The maximum absolute atomic E-state index is 12.7. The smallest absolute Gasteiger partial charge is 0.254 e. The highest BCUT2D eigenvalue weighted by Crippen LogP contribution is 2.15. The number of piperazine rings is 1. The van der Waals surface area contributed by atoms with Gasteiger partial charge in [-0.1, -0.05) is 35.9 Å². The number of hydrogen-bond acceptors (Lipinski definition) is 3. The number of carbonyl (C=O) groups excluding carboxylic acids is 2. The van der Waals surface area contributed by atoms with Crippen molar-refractivity contribution in [2.45, 2.75) is 20.3 Å². The summed E-state index contributed by atoms with van der Waals surface area (Å²) in [5.41, 5.74) is 2.89. The maximum Gasteiger partial charge on any atom is 0.254 e. The summed E-state index contributed by atoms with van der Waals surface area (Å²) in [6.07, 6.45) is 0.347. The summed E-state index contributed by atoms with van der Waals surface area (Å²) < 4.78 is 5.60. The quantitative estimate of drug-likeness (QED) is 0.817. The SMILES string of the molecule is Cc1ccc(C(=O)N2CCN(C(=O)CCOc3ccccc3)CC2)c(C)c1. The van der Waals surface area contributed by atoms with Gasteiger partial charge >= 0.3 is 0 Å². The first-order chi connectivity index (χ1) is 13.0. The number of rotatable bonds is 5. The van der Waals surface area contributed by atoms with E-state index in [1.807, 2.05) is 72.2 Å². The third kappa shape index (κ3) is 4.88. The summed E-state index contributed by atoms with van der Waals surface area (Å²) in [6, 6.07) is 15.4. The van der Waals surface area contributed by atoms with Gasteiger partial charge in [-0.25, -0.2) is 0 Å². The lowest BCUT2D eigenvalue weighted by Crippen LogP contribution is -2.50. The van der Waals surface area contributed by atoms with Crippen LogP contribution < -0.4 is 4.74 Å². The van der Waals surface area contributed by atoms with E-state index in [9.17, 15) is 9.59 Å². The number of benzene rings is 2. The van der Waals surface area contributed by atoms with Crippen molar-refractivity contribution in [1.82, 2.24) is 9.80 Å². The van der Waals surface area contributed by atoms with Crippen LogP contribution >= 0.6 is 0 Å². The van der Waals surface area contributed by atoms with Crippen molar-refractivity contribution in [2.75, 3.05) is 32.8 Å². The molecule has 2 amide bonds. The van der Waals surface area contributed by atoms with E-state index in [1.165, 1.54) is 0 Å². The molecule has 0 atom stereocenters. The number of carbonyl (C=O) groups is 2. The number of nitrogens with zero attached hydrogens (tertiary/aromatic N) is 2. The van der Waals surface area contributed by atoms with Crippen LogP contribution in [0.4, 0.5) is 0 Å². The minimum Gasteiger partial charge on any atom is -0.493 e. The van der Waals surface area contributed by atoms with Crippen LogP contribution in [-0.4, -0.2) is 54.4 Å². The minimum absolute atomic E-state index is 0.0482. The van der Waals surface area contributed by atoms with Gasteiger partial charge in [0.2, 0.25) is 5.91 Å². The average Bonchev–Trinajstić information content (AvgIpc) is 2.68. The normalized spacial score (nSPS) is 14.1. The summed E-state index contributed by atoms with van der Waals surface area (Å²) in [4.78, 5) is 28.8. The number of amides is 2. The molecule has 5 heteroatoms. The zero-order valence-electron chi connectivity index (χ0n) is 16.0. The minimum atomic E-state index is 0.0482. The predicted octanol–water partition coefficient (Wildman–Crippen LogP) is 3.06. The molecule has 1 saturated heterocycles. The topological polar surface area (TPSA) is 49.9 Å². The van der Waals surface area contributed by atoms with E-state index in [0.717, 1.165) is 22.4 Å². The van der Waals surface area contributed by atoms with Crippen molar-refractivity contribution in [3.05, 3.63) is 65.2 Å². The summed E-state index contributed by atoms with van der Waals surface area (Å²) >= 11 is 0. The largest absolute Gasteiger partial charge is 0.493 e. The van der Waals surface area contributed by atoms with Gasteiger partial charge < -0.3 is 14.5 Å². The molecular weight excluding hydrogens is 340 g/mol. The van der Waals surface area contributed by atoms with Crippen LogP contribution in [0.1, 0.15) is 27.9 Å². The number of para-hydroxylation sites is 1. The lowest BCUT2D eigenvalue weighted by atomic mass is 10.0. The molecule has 0 bridgehead atoms.